The van der Waals surface area contributed by atoms with Gasteiger partial charge in [0.15, 0.2) is 5.82 Å². The van der Waals surface area contributed by atoms with Crippen LogP contribution in [0.2, 0.25) is 0 Å². The van der Waals surface area contributed by atoms with Crippen molar-refractivity contribution < 1.29 is 9.18 Å². The Balaban J connectivity index is 1.43. The zero-order valence-electron chi connectivity index (χ0n) is 15.4. The molecule has 2 fully saturated rings. The van der Waals surface area contributed by atoms with Crippen LogP contribution >= 0.6 is 0 Å². The molecule has 2 aliphatic heterocycles. The van der Waals surface area contributed by atoms with Gasteiger partial charge in [-0.05, 0) is 49.9 Å². The fourth-order valence-electron chi connectivity index (χ4n) is 5.11. The maximum absolute atomic E-state index is 13.2. The molecule has 1 saturated carbocycles. The van der Waals surface area contributed by atoms with E-state index in [9.17, 15) is 9.18 Å². The first-order valence-corrected chi connectivity index (χ1v) is 10.1. The van der Waals surface area contributed by atoms with Crippen LogP contribution in [0.25, 0.3) is 11.4 Å². The van der Waals surface area contributed by atoms with Crippen molar-refractivity contribution in [2.75, 3.05) is 0 Å². The van der Waals surface area contributed by atoms with Gasteiger partial charge in [-0.1, -0.05) is 19.3 Å². The second-order valence-corrected chi connectivity index (χ2v) is 8.13. The van der Waals surface area contributed by atoms with Crippen molar-refractivity contribution in [3.63, 3.8) is 0 Å². The van der Waals surface area contributed by atoms with E-state index in [1.807, 2.05) is 6.20 Å². The molecule has 3 heterocycles. The average molecular weight is 365 g/mol. The number of benzene rings is 1. The monoisotopic (exact) mass is 365 g/mol. The molecule has 2 bridgehead atoms. The van der Waals surface area contributed by atoms with E-state index >= 15 is 0 Å². The number of hydrogen-bond donors (Lipinski definition) is 0. The van der Waals surface area contributed by atoms with Crippen molar-refractivity contribution in [1.29, 1.82) is 0 Å². The highest BCUT2D eigenvalue weighted by molar-refractivity contribution is 5.80. The SMILES string of the molecule is O=C(C1CCCCC1)N1[C@H]2CC[C@@H]1c1cnc(-c3ccc(F)cc3)nc1C2. The van der Waals surface area contributed by atoms with Crippen LogP contribution in [0.5, 0.6) is 0 Å². The highest BCUT2D eigenvalue weighted by atomic mass is 19.1. The largest absolute Gasteiger partial charge is 0.332 e. The van der Waals surface area contributed by atoms with Gasteiger partial charge in [0.2, 0.25) is 5.91 Å². The van der Waals surface area contributed by atoms with Crippen LogP contribution in [0.4, 0.5) is 4.39 Å². The molecule has 140 valence electrons. The summed E-state index contributed by atoms with van der Waals surface area (Å²) in [5.41, 5.74) is 3.00. The van der Waals surface area contributed by atoms with E-state index in [4.69, 9.17) is 4.98 Å². The molecule has 2 aromatic rings. The Labute approximate surface area is 158 Å². The number of halogens is 1. The van der Waals surface area contributed by atoms with Crippen LogP contribution in [0, 0.1) is 11.7 Å². The minimum absolute atomic E-state index is 0.135. The lowest BCUT2D eigenvalue weighted by atomic mass is 9.86. The van der Waals surface area contributed by atoms with E-state index in [-0.39, 0.29) is 23.8 Å². The van der Waals surface area contributed by atoms with Crippen molar-refractivity contribution in [3.05, 3.63) is 47.5 Å². The molecule has 4 nitrogen and oxygen atoms in total. The molecular formula is C22H24FN3O. The average Bonchev–Trinajstić information content (AvgIpc) is 3.03. The molecule has 1 amide bonds. The van der Waals surface area contributed by atoms with Gasteiger partial charge in [0.1, 0.15) is 5.82 Å². The minimum Gasteiger partial charge on any atom is -0.332 e. The highest BCUT2D eigenvalue weighted by Crippen LogP contribution is 2.45. The molecule has 27 heavy (non-hydrogen) atoms. The summed E-state index contributed by atoms with van der Waals surface area (Å²) in [7, 11) is 0. The number of hydrogen-bond acceptors (Lipinski definition) is 3. The molecule has 1 aromatic heterocycles. The lowest BCUT2D eigenvalue weighted by Crippen LogP contribution is -2.45. The van der Waals surface area contributed by atoms with Gasteiger partial charge in [-0.15, -0.1) is 0 Å². The van der Waals surface area contributed by atoms with Crippen LogP contribution in [0.15, 0.2) is 30.5 Å². The molecule has 3 aliphatic rings. The van der Waals surface area contributed by atoms with Crippen LogP contribution < -0.4 is 0 Å². The topological polar surface area (TPSA) is 46.1 Å². The molecule has 0 N–H and O–H groups in total. The van der Waals surface area contributed by atoms with Gasteiger partial charge in [-0.3, -0.25) is 4.79 Å². The van der Waals surface area contributed by atoms with Crippen molar-refractivity contribution in [1.82, 2.24) is 14.9 Å². The standard InChI is InChI=1S/C22H24FN3O/c23-16-8-6-14(7-9-16)21-24-13-18-19(25-21)12-17-10-11-20(18)26(17)22(27)15-4-2-1-3-5-15/h6-9,13,15,17,20H,1-5,10-12H2/t17-,20+/m0/s1. The van der Waals surface area contributed by atoms with E-state index in [0.717, 1.165) is 48.9 Å². The molecule has 0 radical (unpaired) electrons. The van der Waals surface area contributed by atoms with Gasteiger partial charge < -0.3 is 4.90 Å². The summed E-state index contributed by atoms with van der Waals surface area (Å²) in [6.45, 7) is 0. The molecule has 1 saturated heterocycles. The van der Waals surface area contributed by atoms with Crippen LogP contribution in [0.1, 0.15) is 62.2 Å². The van der Waals surface area contributed by atoms with E-state index in [1.54, 1.807) is 12.1 Å². The summed E-state index contributed by atoms with van der Waals surface area (Å²) in [5.74, 6) is 0.949. The molecule has 1 aliphatic carbocycles. The van der Waals surface area contributed by atoms with E-state index in [0.29, 0.717) is 11.7 Å². The predicted octanol–water partition coefficient (Wildman–Crippen LogP) is 4.45. The summed E-state index contributed by atoms with van der Waals surface area (Å²) in [5, 5.41) is 0. The Hall–Kier alpha value is -2.30. The maximum Gasteiger partial charge on any atom is 0.226 e. The van der Waals surface area contributed by atoms with E-state index in [2.05, 4.69) is 9.88 Å². The van der Waals surface area contributed by atoms with Crippen LogP contribution in [0.3, 0.4) is 0 Å². The smallest absolute Gasteiger partial charge is 0.226 e. The second kappa shape index (κ2) is 6.70. The first-order valence-electron chi connectivity index (χ1n) is 10.1. The number of carbonyl (C=O) groups is 1. The van der Waals surface area contributed by atoms with Crippen molar-refractivity contribution in [3.8, 4) is 11.4 Å². The van der Waals surface area contributed by atoms with Crippen molar-refractivity contribution in [2.24, 2.45) is 5.92 Å². The molecule has 2 atom stereocenters. The third kappa shape index (κ3) is 2.93. The number of fused-ring (bicyclic) bond motifs is 4. The van der Waals surface area contributed by atoms with Gasteiger partial charge in [0, 0.05) is 35.7 Å². The number of rotatable bonds is 2. The highest BCUT2D eigenvalue weighted by Gasteiger charge is 2.45. The van der Waals surface area contributed by atoms with Crippen molar-refractivity contribution >= 4 is 5.91 Å². The summed E-state index contributed by atoms with van der Waals surface area (Å²) >= 11 is 0. The number of amides is 1. The first kappa shape index (κ1) is 16.8. The van der Waals surface area contributed by atoms with Crippen LogP contribution in [-0.4, -0.2) is 26.8 Å². The van der Waals surface area contributed by atoms with Gasteiger partial charge >= 0.3 is 0 Å². The number of nitrogens with zero attached hydrogens (tertiary/aromatic N) is 3. The Morgan fingerprint density at radius 2 is 1.81 bits per heavy atom. The lowest BCUT2D eigenvalue weighted by molar-refractivity contribution is -0.140. The molecule has 0 spiro atoms. The third-order valence-corrected chi connectivity index (χ3v) is 6.50. The van der Waals surface area contributed by atoms with E-state index < -0.39 is 0 Å². The summed E-state index contributed by atoms with van der Waals surface area (Å²) in [6, 6.07) is 6.71. The summed E-state index contributed by atoms with van der Waals surface area (Å²) in [4.78, 5) is 24.7. The third-order valence-electron chi connectivity index (χ3n) is 6.50. The van der Waals surface area contributed by atoms with Gasteiger partial charge in [-0.25, -0.2) is 14.4 Å². The second-order valence-electron chi connectivity index (χ2n) is 8.13. The Morgan fingerprint density at radius 1 is 1.04 bits per heavy atom. The normalized spacial score (nSPS) is 24.7. The molecular weight excluding hydrogens is 341 g/mol. The van der Waals surface area contributed by atoms with Crippen LogP contribution in [-0.2, 0) is 11.2 Å². The molecule has 1 aromatic carbocycles. The van der Waals surface area contributed by atoms with Gasteiger partial charge in [0.05, 0.1) is 11.7 Å². The van der Waals surface area contributed by atoms with Gasteiger partial charge in [-0.2, -0.15) is 0 Å². The van der Waals surface area contributed by atoms with E-state index in [1.165, 1.54) is 31.4 Å². The zero-order valence-corrected chi connectivity index (χ0v) is 15.4. The minimum atomic E-state index is -0.258. The fraction of sp³-hybridized carbons (Fsp3) is 0.500. The first-order chi connectivity index (χ1) is 13.2. The quantitative estimate of drug-likeness (QED) is 0.790. The Morgan fingerprint density at radius 3 is 2.59 bits per heavy atom. The predicted molar refractivity (Wildman–Crippen MR) is 100 cm³/mol. The maximum atomic E-state index is 13.2. The number of aromatic nitrogens is 2. The van der Waals surface area contributed by atoms with Gasteiger partial charge in [0.25, 0.3) is 0 Å². The van der Waals surface area contributed by atoms with Crippen molar-refractivity contribution in [2.45, 2.75) is 63.5 Å². The fourth-order valence-corrected chi connectivity index (χ4v) is 5.11. The lowest BCUT2D eigenvalue weighted by Gasteiger charge is -2.38. The Bertz CT molecular complexity index is 860. The summed E-state index contributed by atoms with van der Waals surface area (Å²) < 4.78 is 13.2. The summed E-state index contributed by atoms with van der Waals surface area (Å²) in [6.07, 6.45) is 10.5. The Kier molecular flexibility index (Phi) is 4.18. The molecule has 5 heteroatoms. The zero-order chi connectivity index (χ0) is 18.4. The number of carbonyl (C=O) groups excluding carboxylic acids is 1. The molecule has 5 rings (SSSR count). The molecule has 0 unspecified atom stereocenters.